The lowest BCUT2D eigenvalue weighted by molar-refractivity contribution is -0.168. The summed E-state index contributed by atoms with van der Waals surface area (Å²) < 4.78 is 12.9. The van der Waals surface area contributed by atoms with E-state index in [4.69, 9.17) is 9.47 Å². The lowest BCUT2D eigenvalue weighted by Crippen LogP contribution is -2.58. The minimum atomic E-state index is -0.668. The molecule has 0 radical (unpaired) electrons. The molecule has 1 amide bonds. The molecule has 3 aliphatic rings. The highest BCUT2D eigenvalue weighted by atomic mass is 79.9. The van der Waals surface area contributed by atoms with Crippen molar-refractivity contribution in [2.75, 3.05) is 26.3 Å². The van der Waals surface area contributed by atoms with Gasteiger partial charge in [-0.15, -0.1) is 0 Å². The highest BCUT2D eigenvalue weighted by molar-refractivity contribution is 9.10. The second-order valence-electron chi connectivity index (χ2n) is 6.50. The van der Waals surface area contributed by atoms with Crippen LogP contribution in [0.1, 0.15) is 23.2 Å². The lowest BCUT2D eigenvalue weighted by atomic mass is 10.1. The molecule has 4 rings (SSSR count). The number of ether oxygens (including phenoxy) is 2. The summed E-state index contributed by atoms with van der Waals surface area (Å²) in [6, 6.07) is 7.48. The summed E-state index contributed by atoms with van der Waals surface area (Å²) in [4.78, 5) is 15.1. The minimum Gasteiger partial charge on any atom is -0.345 e. The molecule has 6 heteroatoms. The van der Waals surface area contributed by atoms with Crippen molar-refractivity contribution in [1.82, 2.24) is 10.2 Å². The number of halogens is 1. The van der Waals surface area contributed by atoms with Gasteiger partial charge < -0.3 is 14.8 Å². The monoisotopic (exact) mass is 392 g/mol. The molecule has 2 aliphatic heterocycles. The average molecular weight is 393 g/mol. The van der Waals surface area contributed by atoms with Crippen LogP contribution in [0.4, 0.5) is 0 Å². The van der Waals surface area contributed by atoms with Crippen LogP contribution < -0.4 is 5.32 Å². The van der Waals surface area contributed by atoms with Gasteiger partial charge in [-0.05, 0) is 30.7 Å². The molecule has 0 aromatic heterocycles. The number of carbonyl (C=O) groups is 1. The van der Waals surface area contributed by atoms with Gasteiger partial charge in [-0.1, -0.05) is 28.1 Å². The van der Waals surface area contributed by atoms with Crippen LogP contribution in [0, 0.1) is 0 Å². The van der Waals surface area contributed by atoms with Crippen molar-refractivity contribution < 1.29 is 14.3 Å². The number of carbonyl (C=O) groups excluding carboxylic acids is 1. The zero-order chi connectivity index (χ0) is 16.6. The van der Waals surface area contributed by atoms with Gasteiger partial charge in [-0.25, -0.2) is 0 Å². The molecular formula is C18H21BrN2O3. The predicted octanol–water partition coefficient (Wildman–Crippen LogP) is 2.32. The van der Waals surface area contributed by atoms with Crippen LogP contribution in [0.5, 0.6) is 0 Å². The maximum absolute atomic E-state index is 12.7. The largest absolute Gasteiger partial charge is 0.345 e. The van der Waals surface area contributed by atoms with Crippen molar-refractivity contribution in [2.45, 2.75) is 30.7 Å². The van der Waals surface area contributed by atoms with Crippen LogP contribution in [-0.2, 0) is 9.47 Å². The molecule has 2 fully saturated rings. The summed E-state index contributed by atoms with van der Waals surface area (Å²) in [6.07, 6.45) is 6.14. The van der Waals surface area contributed by atoms with Crippen LogP contribution in [0.15, 0.2) is 40.9 Å². The molecule has 1 saturated heterocycles. The third kappa shape index (κ3) is 2.92. The molecule has 5 nitrogen and oxygen atoms in total. The van der Waals surface area contributed by atoms with Crippen molar-refractivity contribution in [3.05, 3.63) is 46.5 Å². The Morgan fingerprint density at radius 3 is 2.50 bits per heavy atom. The number of rotatable bonds is 3. The standard InChI is InChI=1S/C18H21BrN2O3/c19-14-5-3-13(4-6-14)17(22)20-16-15(21-9-1-2-10-21)7-8-18(16)23-11-12-24-18/h1-6,15-16H,7-12H2,(H,20,22). The molecule has 24 heavy (non-hydrogen) atoms. The molecule has 2 heterocycles. The first-order valence-corrected chi connectivity index (χ1v) is 9.21. The maximum Gasteiger partial charge on any atom is 0.251 e. The van der Waals surface area contributed by atoms with Crippen LogP contribution in [0.25, 0.3) is 0 Å². The van der Waals surface area contributed by atoms with Crippen LogP contribution >= 0.6 is 15.9 Å². The molecule has 1 aromatic carbocycles. The van der Waals surface area contributed by atoms with Gasteiger partial charge in [-0.2, -0.15) is 0 Å². The molecule has 0 bridgehead atoms. The molecule has 1 saturated carbocycles. The molecule has 2 unspecified atom stereocenters. The fourth-order valence-corrected chi connectivity index (χ4v) is 4.21. The highest BCUT2D eigenvalue weighted by Crippen LogP contribution is 2.40. The van der Waals surface area contributed by atoms with E-state index in [-0.39, 0.29) is 18.0 Å². The third-order valence-electron chi connectivity index (χ3n) is 5.13. The fourth-order valence-electron chi connectivity index (χ4n) is 3.95. The second-order valence-corrected chi connectivity index (χ2v) is 7.41. The lowest BCUT2D eigenvalue weighted by Gasteiger charge is -2.36. The molecule has 1 aliphatic carbocycles. The molecule has 2 atom stereocenters. The Morgan fingerprint density at radius 2 is 1.83 bits per heavy atom. The normalized spacial score (nSPS) is 28.7. The Morgan fingerprint density at radius 1 is 1.17 bits per heavy atom. The van der Waals surface area contributed by atoms with E-state index in [0.29, 0.717) is 18.8 Å². The first-order chi connectivity index (χ1) is 11.7. The third-order valence-corrected chi connectivity index (χ3v) is 5.66. The predicted molar refractivity (Wildman–Crippen MR) is 93.8 cm³/mol. The number of benzene rings is 1. The summed E-state index contributed by atoms with van der Waals surface area (Å²) >= 11 is 3.40. The van der Waals surface area contributed by atoms with Crippen molar-refractivity contribution in [2.24, 2.45) is 0 Å². The zero-order valence-corrected chi connectivity index (χ0v) is 15.0. The van der Waals surface area contributed by atoms with E-state index in [9.17, 15) is 4.79 Å². The van der Waals surface area contributed by atoms with Crippen molar-refractivity contribution in [3.8, 4) is 0 Å². The van der Waals surface area contributed by atoms with E-state index in [0.717, 1.165) is 30.4 Å². The summed E-state index contributed by atoms with van der Waals surface area (Å²) in [5.74, 6) is -0.747. The SMILES string of the molecule is O=C(NC1C(N2CC=CC2)CCC12OCCO2)c1ccc(Br)cc1. The highest BCUT2D eigenvalue weighted by Gasteiger charge is 2.55. The number of nitrogens with zero attached hydrogens (tertiary/aromatic N) is 1. The van der Waals surface area contributed by atoms with Gasteiger partial charge in [0.25, 0.3) is 5.91 Å². The first-order valence-electron chi connectivity index (χ1n) is 8.41. The topological polar surface area (TPSA) is 50.8 Å². The van der Waals surface area contributed by atoms with E-state index in [1.807, 2.05) is 24.3 Å². The van der Waals surface area contributed by atoms with E-state index in [1.54, 1.807) is 0 Å². The zero-order valence-electron chi connectivity index (χ0n) is 13.4. The number of hydrogen-bond acceptors (Lipinski definition) is 4. The number of amides is 1. The number of nitrogens with one attached hydrogen (secondary N) is 1. The minimum absolute atomic E-state index is 0.0787. The van der Waals surface area contributed by atoms with Gasteiger partial charge in [0, 0.05) is 35.6 Å². The van der Waals surface area contributed by atoms with Gasteiger partial charge >= 0.3 is 0 Å². The Bertz CT molecular complexity index is 632. The van der Waals surface area contributed by atoms with Crippen LogP contribution in [0.3, 0.4) is 0 Å². The Hall–Kier alpha value is -1.21. The molecular weight excluding hydrogens is 372 g/mol. The van der Waals surface area contributed by atoms with Crippen molar-refractivity contribution >= 4 is 21.8 Å². The van der Waals surface area contributed by atoms with Crippen LogP contribution in [0.2, 0.25) is 0 Å². The second kappa shape index (κ2) is 6.59. The van der Waals surface area contributed by atoms with Crippen LogP contribution in [-0.4, -0.2) is 55.0 Å². The Kier molecular flexibility index (Phi) is 4.47. The summed E-state index contributed by atoms with van der Waals surface area (Å²) in [7, 11) is 0. The smallest absolute Gasteiger partial charge is 0.251 e. The quantitative estimate of drug-likeness (QED) is 0.801. The molecule has 1 spiro atoms. The molecule has 1 aromatic rings. The van der Waals surface area contributed by atoms with Gasteiger partial charge in [0.1, 0.15) is 0 Å². The fraction of sp³-hybridized carbons (Fsp3) is 0.500. The first kappa shape index (κ1) is 16.3. The van der Waals surface area contributed by atoms with E-state index < -0.39 is 5.79 Å². The summed E-state index contributed by atoms with van der Waals surface area (Å²) in [5.41, 5.74) is 0.650. The summed E-state index contributed by atoms with van der Waals surface area (Å²) in [6.45, 7) is 3.03. The van der Waals surface area contributed by atoms with Gasteiger partial charge in [0.05, 0.1) is 19.3 Å². The Balaban J connectivity index is 1.55. The molecule has 1 N–H and O–H groups in total. The van der Waals surface area contributed by atoms with E-state index in [2.05, 4.69) is 38.3 Å². The van der Waals surface area contributed by atoms with Gasteiger partial charge in [-0.3, -0.25) is 9.69 Å². The van der Waals surface area contributed by atoms with Crippen molar-refractivity contribution in [3.63, 3.8) is 0 Å². The molecule has 128 valence electrons. The van der Waals surface area contributed by atoms with Gasteiger partial charge in [0.15, 0.2) is 5.79 Å². The summed E-state index contributed by atoms with van der Waals surface area (Å²) in [5, 5.41) is 3.20. The van der Waals surface area contributed by atoms with E-state index in [1.165, 1.54) is 0 Å². The number of hydrogen-bond donors (Lipinski definition) is 1. The van der Waals surface area contributed by atoms with E-state index >= 15 is 0 Å². The maximum atomic E-state index is 12.7. The Labute approximate surface area is 150 Å². The van der Waals surface area contributed by atoms with Gasteiger partial charge in [0.2, 0.25) is 0 Å². The average Bonchev–Trinajstić information content (AvgIpc) is 3.32. The van der Waals surface area contributed by atoms with Crippen molar-refractivity contribution in [1.29, 1.82) is 0 Å².